The van der Waals surface area contributed by atoms with Crippen molar-refractivity contribution < 1.29 is 0 Å². The average Bonchev–Trinajstić information content (AvgIpc) is 1.87. The number of rotatable bonds is 0. The lowest BCUT2D eigenvalue weighted by molar-refractivity contribution is 0.454. The van der Waals surface area contributed by atoms with Crippen LogP contribution < -0.4 is 5.73 Å². The van der Waals surface area contributed by atoms with E-state index in [1.165, 1.54) is 0 Å². The van der Waals surface area contributed by atoms with Crippen LogP contribution in [-0.4, -0.2) is 24.0 Å². The molecule has 1 aliphatic rings. The van der Waals surface area contributed by atoms with Gasteiger partial charge in [-0.1, -0.05) is 0 Å². The first-order valence-electron chi connectivity index (χ1n) is 2.54. The van der Waals surface area contributed by atoms with Crippen LogP contribution in [0.2, 0.25) is 0 Å². The van der Waals surface area contributed by atoms with Gasteiger partial charge in [-0.2, -0.15) is 0 Å². The van der Waals surface area contributed by atoms with E-state index in [0.717, 1.165) is 19.5 Å². The van der Waals surface area contributed by atoms with Gasteiger partial charge in [-0.3, -0.25) is 4.90 Å². The summed E-state index contributed by atoms with van der Waals surface area (Å²) in [5, 5.41) is 0. The maximum atomic E-state index is 5.50. The van der Waals surface area contributed by atoms with Crippen molar-refractivity contribution in [1.29, 1.82) is 0 Å². The largest absolute Gasteiger partial charge is 0.326 e. The Hall–Kier alpha value is -0.0800. The predicted molar refractivity (Wildman–Crippen MR) is 28.5 cm³/mol. The highest BCUT2D eigenvalue weighted by molar-refractivity contribution is 4.76. The predicted octanol–water partition coefficient (Wildman–Crippen LogP) is -0.312. The van der Waals surface area contributed by atoms with E-state index in [2.05, 4.69) is 0 Å². The summed E-state index contributed by atoms with van der Waals surface area (Å²) in [6.45, 7) is 1.82. The molecule has 1 aliphatic heterocycles. The maximum Gasteiger partial charge on any atom is 0.0439 e. The molecular weight excluding hydrogens is 88.1 g/mol. The standard InChI is InChI=1S/C5H10N2/c1-7-3-2-5(6)4-7/h1,5H,2-4,6H2. The van der Waals surface area contributed by atoms with Crippen LogP contribution in [0.5, 0.6) is 0 Å². The Labute approximate surface area is 44.3 Å². The van der Waals surface area contributed by atoms with Crippen LogP contribution >= 0.6 is 0 Å². The van der Waals surface area contributed by atoms with Gasteiger partial charge in [-0.15, -0.1) is 0 Å². The number of hydrogen-bond donors (Lipinski definition) is 1. The molecule has 1 unspecified atom stereocenters. The fraction of sp³-hybridized carbons (Fsp3) is 0.800. The highest BCUT2D eigenvalue weighted by atomic mass is 15.1. The number of likely N-dealkylation sites (tertiary alicyclic amines) is 1. The lowest BCUT2D eigenvalue weighted by atomic mass is 10.3. The molecule has 2 nitrogen and oxygen atoms in total. The summed E-state index contributed by atoms with van der Waals surface area (Å²) >= 11 is 0. The SMILES string of the molecule is [CH]N1CCC(N)C1. The van der Waals surface area contributed by atoms with Gasteiger partial charge in [0.05, 0.1) is 0 Å². The Morgan fingerprint density at radius 2 is 2.43 bits per heavy atom. The summed E-state index contributed by atoms with van der Waals surface area (Å²) in [6, 6.07) is 0.324. The van der Waals surface area contributed by atoms with Crippen molar-refractivity contribution in [3.63, 3.8) is 0 Å². The minimum atomic E-state index is 0.324. The molecule has 7 heavy (non-hydrogen) atoms. The lowest BCUT2D eigenvalue weighted by Gasteiger charge is -2.02. The van der Waals surface area contributed by atoms with E-state index in [9.17, 15) is 0 Å². The average molecular weight is 98.1 g/mol. The van der Waals surface area contributed by atoms with Crippen LogP contribution in [0, 0.1) is 7.05 Å². The highest BCUT2D eigenvalue weighted by Gasteiger charge is 2.14. The molecule has 0 aromatic rings. The third-order valence-electron chi connectivity index (χ3n) is 1.26. The van der Waals surface area contributed by atoms with Gasteiger partial charge in [0.25, 0.3) is 0 Å². The summed E-state index contributed by atoms with van der Waals surface area (Å²) in [5.74, 6) is 0. The van der Waals surface area contributed by atoms with Crippen LogP contribution in [0.1, 0.15) is 6.42 Å². The monoisotopic (exact) mass is 98.1 g/mol. The molecular formula is C5H10N2. The topological polar surface area (TPSA) is 29.3 Å². The van der Waals surface area contributed by atoms with Crippen molar-refractivity contribution in [3.8, 4) is 0 Å². The van der Waals surface area contributed by atoms with Gasteiger partial charge < -0.3 is 5.73 Å². The Morgan fingerprint density at radius 1 is 1.71 bits per heavy atom. The van der Waals surface area contributed by atoms with Crippen molar-refractivity contribution in [1.82, 2.24) is 4.90 Å². The highest BCUT2D eigenvalue weighted by Crippen LogP contribution is 2.02. The molecule has 0 saturated carbocycles. The van der Waals surface area contributed by atoms with E-state index >= 15 is 0 Å². The van der Waals surface area contributed by atoms with Crippen LogP contribution in [-0.2, 0) is 0 Å². The summed E-state index contributed by atoms with van der Waals surface area (Å²) in [6.07, 6.45) is 1.05. The van der Waals surface area contributed by atoms with E-state index in [0.29, 0.717) is 6.04 Å². The summed E-state index contributed by atoms with van der Waals surface area (Å²) < 4.78 is 0. The normalized spacial score (nSPS) is 34.3. The van der Waals surface area contributed by atoms with Gasteiger partial charge in [0.2, 0.25) is 0 Å². The molecule has 2 radical (unpaired) electrons. The van der Waals surface area contributed by atoms with Gasteiger partial charge >= 0.3 is 0 Å². The first-order chi connectivity index (χ1) is 3.29. The molecule has 0 aromatic heterocycles. The molecule has 1 saturated heterocycles. The fourth-order valence-electron chi connectivity index (χ4n) is 0.815. The summed E-state index contributed by atoms with van der Waals surface area (Å²) in [5.41, 5.74) is 5.50. The Morgan fingerprint density at radius 3 is 2.57 bits per heavy atom. The van der Waals surface area contributed by atoms with Crippen LogP contribution in [0.25, 0.3) is 0 Å². The number of hydrogen-bond acceptors (Lipinski definition) is 2. The molecule has 0 spiro atoms. The summed E-state index contributed by atoms with van der Waals surface area (Å²) in [4.78, 5) is 1.75. The van der Waals surface area contributed by atoms with E-state index in [1.54, 1.807) is 4.90 Å². The van der Waals surface area contributed by atoms with Gasteiger partial charge in [0, 0.05) is 26.2 Å². The molecule has 1 rings (SSSR count). The van der Waals surface area contributed by atoms with Crippen LogP contribution in [0.4, 0.5) is 0 Å². The third kappa shape index (κ3) is 1.14. The third-order valence-corrected chi connectivity index (χ3v) is 1.26. The molecule has 2 heteroatoms. The molecule has 1 heterocycles. The molecule has 0 aromatic carbocycles. The second kappa shape index (κ2) is 1.80. The first-order valence-corrected chi connectivity index (χ1v) is 2.54. The second-order valence-electron chi connectivity index (χ2n) is 2.04. The van der Waals surface area contributed by atoms with Crippen molar-refractivity contribution in [3.05, 3.63) is 7.05 Å². The van der Waals surface area contributed by atoms with E-state index in [-0.39, 0.29) is 0 Å². The first kappa shape index (κ1) is 5.06. The molecule has 40 valence electrons. The van der Waals surface area contributed by atoms with Crippen molar-refractivity contribution in [2.75, 3.05) is 13.1 Å². The second-order valence-corrected chi connectivity index (χ2v) is 2.04. The van der Waals surface area contributed by atoms with Crippen molar-refractivity contribution >= 4 is 0 Å². The number of nitrogens with two attached hydrogens (primary N) is 1. The smallest absolute Gasteiger partial charge is 0.0439 e. The van der Waals surface area contributed by atoms with Crippen LogP contribution in [0.15, 0.2) is 0 Å². The van der Waals surface area contributed by atoms with Crippen molar-refractivity contribution in [2.45, 2.75) is 12.5 Å². The van der Waals surface area contributed by atoms with E-state index < -0.39 is 0 Å². The molecule has 0 bridgehead atoms. The zero-order valence-corrected chi connectivity index (χ0v) is 4.30. The molecule has 0 aliphatic carbocycles. The zero-order valence-electron chi connectivity index (χ0n) is 4.30. The zero-order chi connectivity index (χ0) is 5.28. The van der Waals surface area contributed by atoms with E-state index in [4.69, 9.17) is 12.8 Å². The van der Waals surface area contributed by atoms with E-state index in [1.807, 2.05) is 0 Å². The Kier molecular flexibility index (Phi) is 1.30. The van der Waals surface area contributed by atoms with Gasteiger partial charge in [-0.05, 0) is 6.42 Å². The van der Waals surface area contributed by atoms with Gasteiger partial charge in [0.1, 0.15) is 0 Å². The molecule has 1 fully saturated rings. The lowest BCUT2D eigenvalue weighted by Crippen LogP contribution is -2.22. The Balaban J connectivity index is 2.26. The molecule has 1 atom stereocenters. The van der Waals surface area contributed by atoms with Gasteiger partial charge in [0.15, 0.2) is 0 Å². The van der Waals surface area contributed by atoms with Crippen LogP contribution in [0.3, 0.4) is 0 Å². The number of nitrogens with zero attached hydrogens (tertiary/aromatic N) is 1. The van der Waals surface area contributed by atoms with Gasteiger partial charge in [-0.25, -0.2) is 0 Å². The molecule has 0 amide bonds. The fourth-order valence-corrected chi connectivity index (χ4v) is 0.815. The van der Waals surface area contributed by atoms with Crippen molar-refractivity contribution in [2.24, 2.45) is 5.73 Å². The summed E-state index contributed by atoms with van der Waals surface area (Å²) in [7, 11) is 5.38. The molecule has 2 N–H and O–H groups in total. The minimum Gasteiger partial charge on any atom is -0.326 e. The quantitative estimate of drug-likeness (QED) is 0.450. The minimum absolute atomic E-state index is 0.324. The maximum absolute atomic E-state index is 5.50. The Bertz CT molecular complexity index is 55.1.